The van der Waals surface area contributed by atoms with Gasteiger partial charge in [-0.05, 0) is 30.3 Å². The van der Waals surface area contributed by atoms with Crippen LogP contribution in [0.4, 0.5) is 4.39 Å². The van der Waals surface area contributed by atoms with Crippen molar-refractivity contribution in [2.24, 2.45) is 0 Å². The maximum Gasteiger partial charge on any atom is 0.388 e. The van der Waals surface area contributed by atoms with Gasteiger partial charge in [0.15, 0.2) is 11.5 Å². The van der Waals surface area contributed by atoms with Crippen LogP contribution in [0.25, 0.3) is 0 Å². The number of carbonyl (C=O) groups excluding carboxylic acids is 1. The summed E-state index contributed by atoms with van der Waals surface area (Å²) in [7, 11) is -4.21. The molecule has 0 radical (unpaired) electrons. The Morgan fingerprint density at radius 2 is 1.66 bits per heavy atom. The van der Waals surface area contributed by atoms with Crippen LogP contribution >= 0.6 is 34.8 Å². The first-order valence-corrected chi connectivity index (χ1v) is 11.8. The van der Waals surface area contributed by atoms with E-state index in [1.54, 1.807) is 24.3 Å². The molecule has 2 aliphatic rings. The summed E-state index contributed by atoms with van der Waals surface area (Å²) in [5.41, 5.74) is -0.213. The molecule has 0 unspecified atom stereocenters. The minimum absolute atomic E-state index is 0.0640. The van der Waals surface area contributed by atoms with E-state index >= 15 is 0 Å². The quantitative estimate of drug-likeness (QED) is 0.617. The lowest BCUT2D eigenvalue weighted by molar-refractivity contribution is -0.0953. The molecule has 2 heterocycles. The van der Waals surface area contributed by atoms with Gasteiger partial charge in [0.2, 0.25) is 10.0 Å². The number of sulfonamides is 1. The Bertz CT molecular complexity index is 1130. The summed E-state index contributed by atoms with van der Waals surface area (Å²) in [6, 6.07) is 9.27. The second-order valence-corrected chi connectivity index (χ2v) is 11.1. The number of alkyl halides is 3. The first-order chi connectivity index (χ1) is 15.0. The van der Waals surface area contributed by atoms with Crippen molar-refractivity contribution < 1.29 is 31.8 Å². The normalized spacial score (nSPS) is 18.4. The maximum atomic E-state index is 14.5. The number of amides is 1. The number of hydrogen-bond acceptors (Lipinski definition) is 6. The van der Waals surface area contributed by atoms with Crippen molar-refractivity contribution in [2.75, 3.05) is 26.3 Å². The van der Waals surface area contributed by atoms with Gasteiger partial charge in [-0.25, -0.2) is 12.8 Å². The van der Waals surface area contributed by atoms with Gasteiger partial charge < -0.3 is 14.2 Å². The summed E-state index contributed by atoms with van der Waals surface area (Å²) in [5, 5.41) is 2.34. The van der Waals surface area contributed by atoms with Gasteiger partial charge in [-0.2, -0.15) is 4.31 Å². The standard InChI is InChI=1S/C19H16Cl3FN2O6S/c20-18(21,22)19(30-14-3-1-2-4-15(14)31-19)24-17(26)12-5-6-13(23)16(11-12)32(27,28)25-7-9-29-10-8-25/h1-6,11H,7-10H2,(H,24,26). The fourth-order valence-corrected chi connectivity index (χ4v) is 5.05. The molecule has 4 rings (SSSR count). The van der Waals surface area contributed by atoms with Crippen LogP contribution < -0.4 is 14.8 Å². The summed E-state index contributed by atoms with van der Waals surface area (Å²) in [6.07, 6.45) is 0. The monoisotopic (exact) mass is 524 g/mol. The summed E-state index contributed by atoms with van der Waals surface area (Å²) in [5.74, 6) is -3.73. The molecule has 2 aliphatic heterocycles. The minimum Gasteiger partial charge on any atom is -0.428 e. The molecule has 0 atom stereocenters. The number of fused-ring (bicyclic) bond motifs is 1. The lowest BCUT2D eigenvalue weighted by Gasteiger charge is -2.33. The van der Waals surface area contributed by atoms with Gasteiger partial charge in [-0.3, -0.25) is 10.1 Å². The number of rotatable bonds is 4. The lowest BCUT2D eigenvalue weighted by Crippen LogP contribution is -2.63. The molecule has 32 heavy (non-hydrogen) atoms. The highest BCUT2D eigenvalue weighted by molar-refractivity contribution is 7.89. The first kappa shape index (κ1) is 23.3. The average molecular weight is 526 g/mol. The van der Waals surface area contributed by atoms with E-state index in [0.717, 1.165) is 22.5 Å². The molecule has 0 aromatic heterocycles. The molecule has 172 valence electrons. The van der Waals surface area contributed by atoms with E-state index in [9.17, 15) is 17.6 Å². The van der Waals surface area contributed by atoms with Gasteiger partial charge in [0.05, 0.1) is 13.2 Å². The van der Waals surface area contributed by atoms with Gasteiger partial charge in [0.1, 0.15) is 10.7 Å². The Morgan fingerprint density at radius 3 is 2.22 bits per heavy atom. The largest absolute Gasteiger partial charge is 0.428 e. The van der Waals surface area contributed by atoms with Crippen LogP contribution in [0, 0.1) is 5.82 Å². The van der Waals surface area contributed by atoms with Crippen LogP contribution in [0.3, 0.4) is 0 Å². The number of para-hydroxylation sites is 2. The van der Waals surface area contributed by atoms with E-state index in [1.807, 2.05) is 0 Å². The number of carbonyl (C=O) groups is 1. The summed E-state index contributed by atoms with van der Waals surface area (Å²) >= 11 is 18.1. The van der Waals surface area contributed by atoms with Crippen LogP contribution in [-0.2, 0) is 14.8 Å². The predicted octanol–water partition coefficient (Wildman–Crippen LogP) is 3.07. The van der Waals surface area contributed by atoms with Gasteiger partial charge in [-0.1, -0.05) is 46.9 Å². The lowest BCUT2D eigenvalue weighted by atomic mass is 10.2. The topological polar surface area (TPSA) is 94.2 Å². The van der Waals surface area contributed by atoms with Crippen LogP contribution in [0.5, 0.6) is 11.5 Å². The number of nitrogens with one attached hydrogen (secondary N) is 1. The van der Waals surface area contributed by atoms with Crippen molar-refractivity contribution >= 4 is 50.7 Å². The molecule has 2 aromatic rings. The molecule has 1 saturated heterocycles. The highest BCUT2D eigenvalue weighted by Gasteiger charge is 2.59. The zero-order valence-corrected chi connectivity index (χ0v) is 19.3. The zero-order chi connectivity index (χ0) is 23.1. The van der Waals surface area contributed by atoms with Gasteiger partial charge in [-0.15, -0.1) is 0 Å². The van der Waals surface area contributed by atoms with Crippen molar-refractivity contribution in [1.82, 2.24) is 9.62 Å². The van der Waals surface area contributed by atoms with E-state index in [4.69, 9.17) is 49.0 Å². The second-order valence-electron chi connectivity index (χ2n) is 6.88. The Morgan fingerprint density at radius 1 is 1.06 bits per heavy atom. The molecule has 1 amide bonds. The Balaban J connectivity index is 1.64. The van der Waals surface area contributed by atoms with Gasteiger partial charge in [0, 0.05) is 18.7 Å². The van der Waals surface area contributed by atoms with Crippen LogP contribution in [0.2, 0.25) is 0 Å². The Hall–Kier alpha value is -1.82. The van der Waals surface area contributed by atoms with Crippen molar-refractivity contribution in [2.45, 2.75) is 14.6 Å². The van der Waals surface area contributed by atoms with Crippen molar-refractivity contribution in [3.05, 3.63) is 53.8 Å². The van der Waals surface area contributed by atoms with Crippen molar-refractivity contribution in [3.63, 3.8) is 0 Å². The maximum absolute atomic E-state index is 14.5. The first-order valence-electron chi connectivity index (χ1n) is 9.27. The molecular weight excluding hydrogens is 510 g/mol. The minimum atomic E-state index is -4.21. The third-order valence-corrected chi connectivity index (χ3v) is 7.45. The molecule has 1 N–H and O–H groups in total. The van der Waals surface area contributed by atoms with E-state index < -0.39 is 36.3 Å². The molecule has 13 heteroatoms. The van der Waals surface area contributed by atoms with Gasteiger partial charge >= 0.3 is 5.91 Å². The number of hydrogen-bond donors (Lipinski definition) is 1. The number of nitrogens with zero attached hydrogens (tertiary/aromatic N) is 1. The molecule has 0 bridgehead atoms. The van der Waals surface area contributed by atoms with Crippen LogP contribution in [0.1, 0.15) is 10.4 Å². The van der Waals surface area contributed by atoms with Crippen LogP contribution in [0.15, 0.2) is 47.4 Å². The number of ether oxygens (including phenoxy) is 3. The smallest absolute Gasteiger partial charge is 0.388 e. The molecule has 0 spiro atoms. The summed E-state index contributed by atoms with van der Waals surface area (Å²) in [6.45, 7) is 0.493. The summed E-state index contributed by atoms with van der Waals surface area (Å²) < 4.78 is 55.4. The van der Waals surface area contributed by atoms with E-state index in [-0.39, 0.29) is 43.4 Å². The molecule has 0 aliphatic carbocycles. The van der Waals surface area contributed by atoms with Crippen molar-refractivity contribution in [1.29, 1.82) is 0 Å². The Kier molecular flexibility index (Phi) is 6.21. The van der Waals surface area contributed by atoms with E-state index in [1.165, 1.54) is 0 Å². The molecule has 8 nitrogen and oxygen atoms in total. The second kappa shape index (κ2) is 8.51. The SMILES string of the molecule is O=C(NC1(C(Cl)(Cl)Cl)Oc2ccccc2O1)c1ccc(F)c(S(=O)(=O)N2CCOCC2)c1. The van der Waals surface area contributed by atoms with Gasteiger partial charge in [0.25, 0.3) is 9.70 Å². The Labute approximate surface area is 198 Å². The fraction of sp³-hybridized carbons (Fsp3) is 0.316. The number of halogens is 4. The average Bonchev–Trinajstić information content (AvgIpc) is 3.14. The predicted molar refractivity (Wildman–Crippen MR) is 114 cm³/mol. The molecule has 2 aromatic carbocycles. The molecular formula is C19H16Cl3FN2O6S. The zero-order valence-electron chi connectivity index (χ0n) is 16.2. The van der Waals surface area contributed by atoms with E-state index in [2.05, 4.69) is 5.32 Å². The number of morpholine rings is 1. The van der Waals surface area contributed by atoms with Crippen molar-refractivity contribution in [3.8, 4) is 11.5 Å². The van der Waals surface area contributed by atoms with E-state index in [0.29, 0.717) is 0 Å². The number of benzene rings is 2. The molecule has 1 fully saturated rings. The van der Waals surface area contributed by atoms with Crippen LogP contribution in [-0.4, -0.2) is 54.6 Å². The fourth-order valence-electron chi connectivity index (χ4n) is 3.18. The highest BCUT2D eigenvalue weighted by Crippen LogP contribution is 2.48. The highest BCUT2D eigenvalue weighted by atomic mass is 35.6. The third kappa shape index (κ3) is 4.23. The third-order valence-electron chi connectivity index (χ3n) is 4.79. The molecule has 0 saturated carbocycles. The summed E-state index contributed by atoms with van der Waals surface area (Å²) in [4.78, 5) is 12.3.